The molecule has 1 saturated heterocycles. The van der Waals surface area contributed by atoms with E-state index in [0.29, 0.717) is 10.7 Å². The van der Waals surface area contributed by atoms with E-state index in [1.807, 2.05) is 6.92 Å². The summed E-state index contributed by atoms with van der Waals surface area (Å²) in [6.07, 6.45) is 1.24. The number of barbiturate groups is 1. The molecule has 2 N–H and O–H groups in total. The van der Waals surface area contributed by atoms with Gasteiger partial charge in [0.2, 0.25) is 0 Å². The van der Waals surface area contributed by atoms with E-state index in [1.54, 1.807) is 18.2 Å². The Labute approximate surface area is 248 Å². The minimum absolute atomic E-state index is 0.0402. The lowest BCUT2D eigenvalue weighted by Crippen LogP contribution is -2.54. The summed E-state index contributed by atoms with van der Waals surface area (Å²) in [6, 6.07) is 11.1. The largest absolute Gasteiger partial charge is 0.493 e. The van der Waals surface area contributed by atoms with Gasteiger partial charge in [0.05, 0.1) is 27.9 Å². The summed E-state index contributed by atoms with van der Waals surface area (Å²) < 4.78 is 11.0. The number of anilines is 2. The number of urea groups is 1. The van der Waals surface area contributed by atoms with Crippen molar-refractivity contribution in [1.82, 2.24) is 5.32 Å². The van der Waals surface area contributed by atoms with E-state index in [-0.39, 0.29) is 43.4 Å². The molecule has 0 saturated carbocycles. The van der Waals surface area contributed by atoms with Crippen LogP contribution in [0.15, 0.2) is 54.1 Å². The maximum atomic E-state index is 13.2. The first kappa shape index (κ1) is 29.2. The number of nitrogens with one attached hydrogen (secondary N) is 2. The molecule has 9 nitrogen and oxygen atoms in total. The molecule has 1 aliphatic rings. The second-order valence-electron chi connectivity index (χ2n) is 8.39. The van der Waals surface area contributed by atoms with Crippen molar-refractivity contribution in [3.8, 4) is 11.5 Å². The van der Waals surface area contributed by atoms with Crippen molar-refractivity contribution in [1.29, 1.82) is 0 Å². The number of methoxy groups -OCH3 is 1. The average molecular weight is 623 g/mol. The molecule has 0 aromatic heterocycles. The molecule has 0 radical (unpaired) electrons. The van der Waals surface area contributed by atoms with Crippen molar-refractivity contribution >= 4 is 87.6 Å². The zero-order chi connectivity index (χ0) is 29.1. The Bertz CT molecular complexity index is 1590. The molecule has 13 heteroatoms. The SMILES string of the molecule is COc1cc(/C=C2/C(=O)NC(=O)N(c3ccc(Cl)c(Cl)c3)C2=O)cc(Cl)c1OCC(=O)Nc1ccc(C)c(Cl)c1. The fourth-order valence-electron chi connectivity index (χ4n) is 3.65. The number of aryl methyl sites for hydroxylation is 1. The number of amides is 5. The molecule has 1 fully saturated rings. The van der Waals surface area contributed by atoms with Crippen molar-refractivity contribution in [2.24, 2.45) is 0 Å². The van der Waals surface area contributed by atoms with Crippen LogP contribution in [0.5, 0.6) is 11.5 Å². The second kappa shape index (κ2) is 12.2. The lowest BCUT2D eigenvalue weighted by molar-refractivity contribution is -0.122. The highest BCUT2D eigenvalue weighted by Crippen LogP contribution is 2.37. The van der Waals surface area contributed by atoms with Crippen molar-refractivity contribution in [2.75, 3.05) is 23.9 Å². The molecule has 206 valence electrons. The number of imide groups is 2. The number of rotatable bonds is 7. The van der Waals surface area contributed by atoms with Crippen LogP contribution in [0.25, 0.3) is 6.08 Å². The van der Waals surface area contributed by atoms with E-state index in [9.17, 15) is 19.2 Å². The first-order valence-electron chi connectivity index (χ1n) is 11.4. The molecule has 1 aliphatic heterocycles. The van der Waals surface area contributed by atoms with Crippen molar-refractivity contribution in [3.63, 3.8) is 0 Å². The van der Waals surface area contributed by atoms with Crippen molar-refractivity contribution < 1.29 is 28.7 Å². The van der Waals surface area contributed by atoms with Gasteiger partial charge in [-0.25, -0.2) is 9.69 Å². The third-order valence-electron chi connectivity index (χ3n) is 5.63. The van der Waals surface area contributed by atoms with Crippen LogP contribution in [-0.4, -0.2) is 37.5 Å². The van der Waals surface area contributed by atoms with Gasteiger partial charge in [-0.2, -0.15) is 0 Å². The molecule has 40 heavy (non-hydrogen) atoms. The molecule has 1 heterocycles. The van der Waals surface area contributed by atoms with Crippen LogP contribution in [0.3, 0.4) is 0 Å². The van der Waals surface area contributed by atoms with Crippen LogP contribution in [0.4, 0.5) is 16.2 Å². The predicted molar refractivity (Wildman–Crippen MR) is 154 cm³/mol. The van der Waals surface area contributed by atoms with Gasteiger partial charge in [-0.1, -0.05) is 52.5 Å². The number of ether oxygens (including phenoxy) is 2. The summed E-state index contributed by atoms with van der Waals surface area (Å²) >= 11 is 24.5. The van der Waals surface area contributed by atoms with Crippen LogP contribution in [0.2, 0.25) is 20.1 Å². The summed E-state index contributed by atoms with van der Waals surface area (Å²) in [7, 11) is 1.35. The van der Waals surface area contributed by atoms with Crippen molar-refractivity contribution in [3.05, 3.63) is 85.3 Å². The molecular weight excluding hydrogens is 604 g/mol. The Kier molecular flexibility index (Phi) is 8.90. The van der Waals surface area contributed by atoms with Crippen molar-refractivity contribution in [2.45, 2.75) is 6.92 Å². The summed E-state index contributed by atoms with van der Waals surface area (Å²) in [5.74, 6) is -2.08. The Morgan fingerprint density at radius 2 is 1.70 bits per heavy atom. The van der Waals surface area contributed by atoms with Crippen LogP contribution in [-0.2, 0) is 14.4 Å². The van der Waals surface area contributed by atoms with Gasteiger partial charge in [0.25, 0.3) is 17.7 Å². The minimum Gasteiger partial charge on any atom is -0.493 e. The van der Waals surface area contributed by atoms with E-state index in [4.69, 9.17) is 55.9 Å². The molecule has 0 spiro atoms. The molecule has 3 aromatic carbocycles. The van der Waals surface area contributed by atoms with E-state index in [2.05, 4.69) is 10.6 Å². The van der Waals surface area contributed by atoms with E-state index >= 15 is 0 Å². The molecule has 0 aliphatic carbocycles. The third-order valence-corrected chi connectivity index (χ3v) is 7.06. The summed E-state index contributed by atoms with van der Waals surface area (Å²) in [6.45, 7) is 1.44. The van der Waals surface area contributed by atoms with Gasteiger partial charge in [0.15, 0.2) is 18.1 Å². The average Bonchev–Trinajstić information content (AvgIpc) is 2.89. The van der Waals surface area contributed by atoms with Gasteiger partial charge in [0.1, 0.15) is 5.57 Å². The van der Waals surface area contributed by atoms with Gasteiger partial charge in [0, 0.05) is 10.7 Å². The second-order valence-corrected chi connectivity index (χ2v) is 10.0. The summed E-state index contributed by atoms with van der Waals surface area (Å²) in [4.78, 5) is 51.4. The zero-order valence-corrected chi connectivity index (χ0v) is 23.8. The van der Waals surface area contributed by atoms with Crippen LogP contribution >= 0.6 is 46.4 Å². The fraction of sp³-hybridized carbons (Fsp3) is 0.111. The molecule has 0 unspecified atom stereocenters. The highest BCUT2D eigenvalue weighted by atomic mass is 35.5. The zero-order valence-electron chi connectivity index (χ0n) is 20.8. The Morgan fingerprint density at radius 3 is 2.38 bits per heavy atom. The Hall–Kier alpha value is -3.76. The third kappa shape index (κ3) is 6.34. The highest BCUT2D eigenvalue weighted by Gasteiger charge is 2.37. The summed E-state index contributed by atoms with van der Waals surface area (Å²) in [5, 5.41) is 5.67. The normalized spacial score (nSPS) is 14.3. The summed E-state index contributed by atoms with van der Waals surface area (Å²) in [5.41, 5.74) is 1.40. The molecule has 0 bridgehead atoms. The van der Waals surface area contributed by atoms with Crippen LogP contribution in [0.1, 0.15) is 11.1 Å². The van der Waals surface area contributed by atoms with Gasteiger partial charge in [-0.05, 0) is 66.6 Å². The van der Waals surface area contributed by atoms with Gasteiger partial charge < -0.3 is 14.8 Å². The first-order chi connectivity index (χ1) is 19.0. The number of hydrogen-bond donors (Lipinski definition) is 2. The highest BCUT2D eigenvalue weighted by molar-refractivity contribution is 6.43. The molecule has 3 aromatic rings. The monoisotopic (exact) mass is 621 g/mol. The van der Waals surface area contributed by atoms with Gasteiger partial charge in [-0.3, -0.25) is 19.7 Å². The van der Waals surface area contributed by atoms with E-state index < -0.39 is 30.4 Å². The molecule has 5 amide bonds. The maximum Gasteiger partial charge on any atom is 0.335 e. The number of carbonyl (C=O) groups excluding carboxylic acids is 4. The van der Waals surface area contributed by atoms with E-state index in [0.717, 1.165) is 10.5 Å². The maximum absolute atomic E-state index is 13.2. The Morgan fingerprint density at radius 1 is 0.950 bits per heavy atom. The van der Waals surface area contributed by atoms with Crippen LogP contribution in [0, 0.1) is 6.92 Å². The lowest BCUT2D eigenvalue weighted by Gasteiger charge is -2.26. The van der Waals surface area contributed by atoms with Gasteiger partial charge >= 0.3 is 6.03 Å². The first-order valence-corrected chi connectivity index (χ1v) is 12.9. The number of hydrogen-bond acceptors (Lipinski definition) is 6. The van der Waals surface area contributed by atoms with E-state index in [1.165, 1.54) is 43.5 Å². The quantitative estimate of drug-likeness (QED) is 0.236. The topological polar surface area (TPSA) is 114 Å². The standard InChI is InChI=1S/C27H19Cl4N3O6/c1-13-3-4-15(10-19(13)29)32-23(35)12-40-24-21(31)8-14(9-22(24)39-2)7-17-25(36)33-27(38)34(26(17)37)16-5-6-18(28)20(30)11-16/h3-11H,12H2,1-2H3,(H,32,35)(H,33,36,38)/b17-7-. The molecule has 0 atom stereocenters. The lowest BCUT2D eigenvalue weighted by atomic mass is 10.1. The molecule has 4 rings (SSSR count). The minimum atomic E-state index is -0.948. The Balaban J connectivity index is 1.56. The molecular formula is C27H19Cl4N3O6. The number of carbonyl (C=O) groups is 4. The number of nitrogens with zero attached hydrogens (tertiary/aromatic N) is 1. The fourth-order valence-corrected chi connectivity index (χ4v) is 4.40. The number of benzene rings is 3. The predicted octanol–water partition coefficient (Wildman–Crippen LogP) is 6.30. The van der Waals surface area contributed by atoms with Crippen LogP contribution < -0.4 is 25.0 Å². The van der Waals surface area contributed by atoms with Gasteiger partial charge in [-0.15, -0.1) is 0 Å². The number of halogens is 4. The smallest absolute Gasteiger partial charge is 0.335 e.